The van der Waals surface area contributed by atoms with Gasteiger partial charge in [-0.1, -0.05) is 12.1 Å². The van der Waals surface area contributed by atoms with Crippen LogP contribution in [-0.2, 0) is 4.79 Å². The molecule has 0 aliphatic heterocycles. The van der Waals surface area contributed by atoms with Gasteiger partial charge in [0, 0.05) is 5.69 Å². The highest BCUT2D eigenvalue weighted by atomic mass is 16.2. The molecule has 19 heavy (non-hydrogen) atoms. The van der Waals surface area contributed by atoms with E-state index in [1.54, 1.807) is 0 Å². The largest absolute Gasteiger partial charge is 0.376 e. The fraction of sp³-hybridized carbons (Fsp3) is 0.467. The third-order valence-electron chi connectivity index (χ3n) is 3.52. The Balaban J connectivity index is 1.87. The topological polar surface area (TPSA) is 64.9 Å². The lowest BCUT2D eigenvalue weighted by molar-refractivity contribution is -0.120. The number of anilines is 1. The highest BCUT2D eigenvalue weighted by molar-refractivity contribution is 5.81. The number of carbonyl (C=O) groups excluding carboxylic acids is 1. The molecule has 100 valence electrons. The average molecular weight is 257 g/mol. The van der Waals surface area contributed by atoms with Gasteiger partial charge >= 0.3 is 0 Å². The molecule has 0 spiro atoms. The van der Waals surface area contributed by atoms with Gasteiger partial charge in [0.25, 0.3) is 0 Å². The maximum Gasteiger partial charge on any atom is 0.240 e. The molecular weight excluding hydrogens is 238 g/mol. The molecule has 0 atom stereocenters. The number of rotatable bonds is 4. The van der Waals surface area contributed by atoms with Crippen LogP contribution in [0, 0.1) is 18.3 Å². The van der Waals surface area contributed by atoms with Crippen molar-refractivity contribution in [1.29, 1.82) is 5.26 Å². The Morgan fingerprint density at radius 2 is 2.16 bits per heavy atom. The summed E-state index contributed by atoms with van der Waals surface area (Å²) in [5.74, 6) is -0.120. The molecule has 1 fully saturated rings. The predicted octanol–water partition coefficient (Wildman–Crippen LogP) is 2.36. The van der Waals surface area contributed by atoms with Gasteiger partial charge in [-0.25, -0.2) is 0 Å². The van der Waals surface area contributed by atoms with E-state index in [1.807, 2.05) is 31.2 Å². The quantitative estimate of drug-likeness (QED) is 0.870. The van der Waals surface area contributed by atoms with Crippen LogP contribution in [0.4, 0.5) is 5.69 Å². The summed E-state index contributed by atoms with van der Waals surface area (Å²) in [4.78, 5) is 11.9. The molecule has 1 aliphatic carbocycles. The average Bonchev–Trinajstić information content (AvgIpc) is 2.86. The van der Waals surface area contributed by atoms with Crippen molar-refractivity contribution in [2.24, 2.45) is 0 Å². The first kappa shape index (κ1) is 13.4. The van der Waals surface area contributed by atoms with Crippen LogP contribution in [0.15, 0.2) is 24.3 Å². The SMILES string of the molecule is Cc1cccc(NCC(=O)NC2(C#N)CCCC2)c1. The van der Waals surface area contributed by atoms with Gasteiger partial charge in [-0.2, -0.15) is 5.26 Å². The molecule has 1 saturated carbocycles. The van der Waals surface area contributed by atoms with E-state index in [9.17, 15) is 10.1 Å². The highest BCUT2D eigenvalue weighted by Gasteiger charge is 2.35. The maximum atomic E-state index is 11.9. The minimum absolute atomic E-state index is 0.120. The molecule has 1 amide bonds. The molecule has 2 rings (SSSR count). The summed E-state index contributed by atoms with van der Waals surface area (Å²) >= 11 is 0. The van der Waals surface area contributed by atoms with Gasteiger partial charge in [0.15, 0.2) is 0 Å². The van der Waals surface area contributed by atoms with E-state index in [0.29, 0.717) is 0 Å². The van der Waals surface area contributed by atoms with E-state index in [4.69, 9.17) is 0 Å². The molecule has 1 aromatic rings. The fourth-order valence-corrected chi connectivity index (χ4v) is 2.49. The first-order chi connectivity index (χ1) is 9.13. The van der Waals surface area contributed by atoms with Gasteiger partial charge in [0.05, 0.1) is 12.6 Å². The smallest absolute Gasteiger partial charge is 0.240 e. The summed E-state index contributed by atoms with van der Waals surface area (Å²) < 4.78 is 0. The van der Waals surface area contributed by atoms with Gasteiger partial charge in [-0.05, 0) is 50.3 Å². The van der Waals surface area contributed by atoms with Crippen LogP contribution in [0.2, 0.25) is 0 Å². The van der Waals surface area contributed by atoms with Crippen molar-refractivity contribution in [3.05, 3.63) is 29.8 Å². The van der Waals surface area contributed by atoms with Crippen molar-refractivity contribution in [3.63, 3.8) is 0 Å². The second kappa shape index (κ2) is 5.75. The minimum Gasteiger partial charge on any atom is -0.376 e. The Morgan fingerprint density at radius 1 is 1.42 bits per heavy atom. The van der Waals surface area contributed by atoms with Crippen LogP contribution in [-0.4, -0.2) is 18.0 Å². The fourth-order valence-electron chi connectivity index (χ4n) is 2.49. The number of benzene rings is 1. The normalized spacial score (nSPS) is 16.6. The lowest BCUT2D eigenvalue weighted by Gasteiger charge is -2.22. The first-order valence-electron chi connectivity index (χ1n) is 6.66. The number of nitrogens with one attached hydrogen (secondary N) is 2. The second-order valence-corrected chi connectivity index (χ2v) is 5.17. The van der Waals surface area contributed by atoms with E-state index in [-0.39, 0.29) is 12.5 Å². The highest BCUT2D eigenvalue weighted by Crippen LogP contribution is 2.28. The van der Waals surface area contributed by atoms with Crippen LogP contribution in [0.3, 0.4) is 0 Å². The van der Waals surface area contributed by atoms with E-state index in [1.165, 1.54) is 0 Å². The summed E-state index contributed by atoms with van der Waals surface area (Å²) in [5, 5.41) is 15.1. The van der Waals surface area contributed by atoms with Crippen molar-refractivity contribution < 1.29 is 4.79 Å². The van der Waals surface area contributed by atoms with Crippen LogP contribution >= 0.6 is 0 Å². The summed E-state index contributed by atoms with van der Waals surface area (Å²) in [7, 11) is 0. The lowest BCUT2D eigenvalue weighted by atomic mass is 10.00. The van der Waals surface area contributed by atoms with Gasteiger partial charge in [-0.3, -0.25) is 4.79 Å². The molecule has 0 aromatic heterocycles. The third-order valence-corrected chi connectivity index (χ3v) is 3.52. The van der Waals surface area contributed by atoms with Crippen LogP contribution in [0.5, 0.6) is 0 Å². The molecule has 1 aromatic carbocycles. The zero-order valence-corrected chi connectivity index (χ0v) is 11.2. The van der Waals surface area contributed by atoms with Gasteiger partial charge in [0.2, 0.25) is 5.91 Å². The Morgan fingerprint density at radius 3 is 2.79 bits per heavy atom. The Bertz CT molecular complexity index is 498. The van der Waals surface area contributed by atoms with Crippen molar-refractivity contribution >= 4 is 11.6 Å². The number of nitriles is 1. The van der Waals surface area contributed by atoms with E-state index >= 15 is 0 Å². The van der Waals surface area contributed by atoms with Gasteiger partial charge in [0.1, 0.15) is 5.54 Å². The Hall–Kier alpha value is -2.02. The van der Waals surface area contributed by atoms with Crippen LogP contribution in [0.1, 0.15) is 31.2 Å². The first-order valence-corrected chi connectivity index (χ1v) is 6.66. The molecule has 0 bridgehead atoms. The Labute approximate surface area is 113 Å². The molecule has 0 radical (unpaired) electrons. The standard InChI is InChI=1S/C15H19N3O/c1-12-5-4-6-13(9-12)17-10-14(19)18-15(11-16)7-2-3-8-15/h4-6,9,17H,2-3,7-8,10H2,1H3,(H,18,19). The molecule has 0 heterocycles. The van der Waals surface area contributed by atoms with Crippen molar-refractivity contribution in [1.82, 2.24) is 5.32 Å². The molecule has 0 unspecified atom stereocenters. The summed E-state index contributed by atoms with van der Waals surface area (Å²) in [6.45, 7) is 2.21. The molecule has 0 saturated heterocycles. The number of aryl methyl sites for hydroxylation is 1. The number of hydrogen-bond donors (Lipinski definition) is 2. The number of carbonyl (C=O) groups is 1. The summed E-state index contributed by atoms with van der Waals surface area (Å²) in [6, 6.07) is 10.1. The molecule has 2 N–H and O–H groups in total. The summed E-state index contributed by atoms with van der Waals surface area (Å²) in [5.41, 5.74) is 1.44. The third kappa shape index (κ3) is 3.47. The van der Waals surface area contributed by atoms with E-state index in [0.717, 1.165) is 36.9 Å². The van der Waals surface area contributed by atoms with E-state index in [2.05, 4.69) is 16.7 Å². The second-order valence-electron chi connectivity index (χ2n) is 5.17. The molecule has 4 heteroatoms. The Kier molecular flexibility index (Phi) is 4.06. The zero-order valence-electron chi connectivity index (χ0n) is 11.2. The monoisotopic (exact) mass is 257 g/mol. The molecule has 4 nitrogen and oxygen atoms in total. The number of hydrogen-bond acceptors (Lipinski definition) is 3. The van der Waals surface area contributed by atoms with Crippen molar-refractivity contribution in [2.45, 2.75) is 38.1 Å². The zero-order chi connectivity index (χ0) is 13.7. The van der Waals surface area contributed by atoms with Gasteiger partial charge < -0.3 is 10.6 Å². The molecular formula is C15H19N3O. The predicted molar refractivity (Wildman–Crippen MR) is 74.6 cm³/mol. The van der Waals surface area contributed by atoms with Crippen LogP contribution < -0.4 is 10.6 Å². The van der Waals surface area contributed by atoms with Crippen LogP contribution in [0.25, 0.3) is 0 Å². The minimum atomic E-state index is -0.634. The van der Waals surface area contributed by atoms with Gasteiger partial charge in [-0.15, -0.1) is 0 Å². The van der Waals surface area contributed by atoms with E-state index < -0.39 is 5.54 Å². The number of nitrogens with zero attached hydrogens (tertiary/aromatic N) is 1. The number of amides is 1. The summed E-state index contributed by atoms with van der Waals surface area (Å²) in [6.07, 6.45) is 3.55. The molecule has 1 aliphatic rings. The van der Waals surface area contributed by atoms with Crippen molar-refractivity contribution in [3.8, 4) is 6.07 Å². The maximum absolute atomic E-state index is 11.9. The lowest BCUT2D eigenvalue weighted by Crippen LogP contribution is -2.47. The van der Waals surface area contributed by atoms with Crippen molar-refractivity contribution in [2.75, 3.05) is 11.9 Å².